The minimum Gasteiger partial charge on any atom is -0.391 e. The van der Waals surface area contributed by atoms with Crippen molar-refractivity contribution < 1.29 is 9.90 Å². The van der Waals surface area contributed by atoms with Crippen LogP contribution in [0.5, 0.6) is 0 Å². The number of aliphatic hydroxyl groups is 1. The molecule has 0 saturated heterocycles. The summed E-state index contributed by atoms with van der Waals surface area (Å²) in [7, 11) is 0. The molecule has 0 aliphatic heterocycles. The van der Waals surface area contributed by atoms with Crippen LogP contribution in [0.2, 0.25) is 0 Å². The Labute approximate surface area is 105 Å². The van der Waals surface area contributed by atoms with Crippen LogP contribution in [0, 0.1) is 5.41 Å². The number of hydrogen-bond donors (Lipinski definition) is 3. The van der Waals surface area contributed by atoms with Gasteiger partial charge in [0.15, 0.2) is 0 Å². The molecule has 4 nitrogen and oxygen atoms in total. The Morgan fingerprint density at radius 3 is 2.47 bits per heavy atom. The van der Waals surface area contributed by atoms with E-state index in [-0.39, 0.29) is 17.4 Å². The highest BCUT2D eigenvalue weighted by molar-refractivity contribution is 5.75. The molecule has 0 radical (unpaired) electrons. The van der Waals surface area contributed by atoms with E-state index in [1.54, 1.807) is 0 Å². The number of rotatable bonds is 7. The second-order valence-electron chi connectivity index (χ2n) is 6.09. The Balaban J connectivity index is 3.63. The van der Waals surface area contributed by atoms with Gasteiger partial charge in [0.25, 0.3) is 0 Å². The number of nitrogens with two attached hydrogens (primary N) is 1. The topological polar surface area (TPSA) is 75.4 Å². The molecule has 17 heavy (non-hydrogen) atoms. The van der Waals surface area contributed by atoms with Crippen LogP contribution in [0.4, 0.5) is 0 Å². The van der Waals surface area contributed by atoms with Gasteiger partial charge >= 0.3 is 0 Å². The summed E-state index contributed by atoms with van der Waals surface area (Å²) in [6.45, 7) is 8.49. The zero-order valence-corrected chi connectivity index (χ0v) is 11.6. The van der Waals surface area contributed by atoms with Gasteiger partial charge in [0.1, 0.15) is 0 Å². The standard InChI is InChI=1S/C13H28N2O2/c1-10(14)6-5-7-12(17)15-9-11(16)8-13(2,3)4/h10-11,16H,5-9,14H2,1-4H3,(H,15,17). The molecule has 2 atom stereocenters. The minimum absolute atomic E-state index is 0.00129. The molecule has 102 valence electrons. The molecule has 4 heteroatoms. The summed E-state index contributed by atoms with van der Waals surface area (Å²) in [4.78, 5) is 11.4. The van der Waals surface area contributed by atoms with Gasteiger partial charge in [-0.25, -0.2) is 0 Å². The molecule has 2 unspecified atom stereocenters. The molecule has 0 spiro atoms. The Hall–Kier alpha value is -0.610. The third-order valence-electron chi connectivity index (χ3n) is 2.45. The quantitative estimate of drug-likeness (QED) is 0.634. The first-order valence-electron chi connectivity index (χ1n) is 6.41. The van der Waals surface area contributed by atoms with E-state index < -0.39 is 6.10 Å². The van der Waals surface area contributed by atoms with Crippen molar-refractivity contribution >= 4 is 5.91 Å². The van der Waals surface area contributed by atoms with E-state index in [9.17, 15) is 9.90 Å². The normalized spacial score (nSPS) is 15.4. The monoisotopic (exact) mass is 244 g/mol. The summed E-state index contributed by atoms with van der Waals surface area (Å²) >= 11 is 0. The van der Waals surface area contributed by atoms with Crippen molar-refractivity contribution in [2.24, 2.45) is 11.1 Å². The Bertz CT molecular complexity index is 222. The molecule has 0 aromatic heterocycles. The fourth-order valence-corrected chi connectivity index (χ4v) is 1.68. The molecule has 1 amide bonds. The lowest BCUT2D eigenvalue weighted by molar-refractivity contribution is -0.121. The summed E-state index contributed by atoms with van der Waals surface area (Å²) in [5.41, 5.74) is 5.68. The maximum atomic E-state index is 11.4. The van der Waals surface area contributed by atoms with E-state index in [1.165, 1.54) is 0 Å². The Morgan fingerprint density at radius 1 is 1.41 bits per heavy atom. The summed E-state index contributed by atoms with van der Waals surface area (Å²) in [6, 6.07) is 0.147. The predicted molar refractivity (Wildman–Crippen MR) is 70.6 cm³/mol. The van der Waals surface area contributed by atoms with Crippen LogP contribution in [0.3, 0.4) is 0 Å². The van der Waals surface area contributed by atoms with Crippen molar-refractivity contribution in [3.8, 4) is 0 Å². The van der Waals surface area contributed by atoms with E-state index in [4.69, 9.17) is 5.73 Å². The molecular formula is C13H28N2O2. The highest BCUT2D eigenvalue weighted by atomic mass is 16.3. The molecular weight excluding hydrogens is 216 g/mol. The average molecular weight is 244 g/mol. The maximum absolute atomic E-state index is 11.4. The van der Waals surface area contributed by atoms with Crippen LogP contribution in [-0.2, 0) is 4.79 Å². The number of hydrogen-bond acceptors (Lipinski definition) is 3. The van der Waals surface area contributed by atoms with Gasteiger partial charge in [0.05, 0.1) is 6.10 Å². The SMILES string of the molecule is CC(N)CCCC(=O)NCC(O)CC(C)(C)C. The van der Waals surface area contributed by atoms with E-state index in [1.807, 2.05) is 6.92 Å². The second-order valence-corrected chi connectivity index (χ2v) is 6.09. The van der Waals surface area contributed by atoms with Crippen molar-refractivity contribution in [2.75, 3.05) is 6.54 Å². The smallest absolute Gasteiger partial charge is 0.220 e. The van der Waals surface area contributed by atoms with Crippen molar-refractivity contribution in [3.05, 3.63) is 0 Å². The van der Waals surface area contributed by atoms with Gasteiger partial charge in [-0.15, -0.1) is 0 Å². The zero-order chi connectivity index (χ0) is 13.5. The van der Waals surface area contributed by atoms with Gasteiger partial charge in [0.2, 0.25) is 5.91 Å². The number of aliphatic hydroxyl groups excluding tert-OH is 1. The Morgan fingerprint density at radius 2 is 2.00 bits per heavy atom. The molecule has 0 saturated carbocycles. The lowest BCUT2D eigenvalue weighted by Crippen LogP contribution is -2.34. The van der Waals surface area contributed by atoms with E-state index >= 15 is 0 Å². The first-order valence-corrected chi connectivity index (χ1v) is 6.41. The first-order chi connectivity index (χ1) is 7.70. The van der Waals surface area contributed by atoms with E-state index in [0.29, 0.717) is 19.4 Å². The van der Waals surface area contributed by atoms with Gasteiger partial charge < -0.3 is 16.2 Å². The van der Waals surface area contributed by atoms with Crippen molar-refractivity contribution in [2.45, 2.75) is 65.5 Å². The van der Waals surface area contributed by atoms with E-state index in [2.05, 4.69) is 26.1 Å². The van der Waals surface area contributed by atoms with Crippen molar-refractivity contribution in [1.29, 1.82) is 0 Å². The highest BCUT2D eigenvalue weighted by Gasteiger charge is 2.16. The van der Waals surface area contributed by atoms with Crippen LogP contribution in [0.15, 0.2) is 0 Å². The zero-order valence-electron chi connectivity index (χ0n) is 11.6. The molecule has 0 aliphatic rings. The van der Waals surface area contributed by atoms with Crippen LogP contribution >= 0.6 is 0 Å². The summed E-state index contributed by atoms with van der Waals surface area (Å²) in [5.74, 6) is -0.00129. The maximum Gasteiger partial charge on any atom is 0.220 e. The van der Waals surface area contributed by atoms with Crippen molar-refractivity contribution in [3.63, 3.8) is 0 Å². The number of carbonyl (C=O) groups is 1. The third-order valence-corrected chi connectivity index (χ3v) is 2.45. The third kappa shape index (κ3) is 11.6. The predicted octanol–water partition coefficient (Wildman–Crippen LogP) is 1.42. The number of nitrogens with one attached hydrogen (secondary N) is 1. The Kier molecular flexibility index (Phi) is 7.39. The highest BCUT2D eigenvalue weighted by Crippen LogP contribution is 2.20. The summed E-state index contributed by atoms with van der Waals surface area (Å²) in [6.07, 6.45) is 2.38. The lowest BCUT2D eigenvalue weighted by atomic mass is 9.89. The average Bonchev–Trinajstić information content (AvgIpc) is 2.11. The van der Waals surface area contributed by atoms with E-state index in [0.717, 1.165) is 12.8 Å². The fourth-order valence-electron chi connectivity index (χ4n) is 1.68. The van der Waals surface area contributed by atoms with Gasteiger partial charge in [-0.1, -0.05) is 20.8 Å². The van der Waals surface area contributed by atoms with Crippen LogP contribution in [0.1, 0.15) is 53.4 Å². The minimum atomic E-state index is -0.465. The van der Waals surface area contributed by atoms with Gasteiger partial charge in [-0.3, -0.25) is 4.79 Å². The number of amides is 1. The molecule has 0 aliphatic carbocycles. The van der Waals surface area contributed by atoms with Gasteiger partial charge in [-0.05, 0) is 31.6 Å². The van der Waals surface area contributed by atoms with Crippen LogP contribution in [-0.4, -0.2) is 29.7 Å². The van der Waals surface area contributed by atoms with Gasteiger partial charge in [-0.2, -0.15) is 0 Å². The van der Waals surface area contributed by atoms with Gasteiger partial charge in [0, 0.05) is 19.0 Å². The first kappa shape index (κ1) is 16.4. The molecule has 0 rings (SSSR count). The fraction of sp³-hybridized carbons (Fsp3) is 0.923. The summed E-state index contributed by atoms with van der Waals surface area (Å²) < 4.78 is 0. The second kappa shape index (κ2) is 7.67. The number of carbonyl (C=O) groups excluding carboxylic acids is 1. The van der Waals surface area contributed by atoms with Crippen molar-refractivity contribution in [1.82, 2.24) is 5.32 Å². The molecule has 0 heterocycles. The lowest BCUT2D eigenvalue weighted by Gasteiger charge is -2.22. The van der Waals surface area contributed by atoms with Crippen LogP contribution < -0.4 is 11.1 Å². The molecule has 0 fully saturated rings. The molecule has 4 N–H and O–H groups in total. The molecule has 0 aromatic carbocycles. The summed E-state index contributed by atoms with van der Waals surface area (Å²) in [5, 5.41) is 12.5. The largest absolute Gasteiger partial charge is 0.391 e. The molecule has 0 aromatic rings. The van der Waals surface area contributed by atoms with Crippen LogP contribution in [0.25, 0.3) is 0 Å². The molecule has 0 bridgehead atoms.